The van der Waals surface area contributed by atoms with Crippen LogP contribution in [0.1, 0.15) is 71.6 Å². The number of rotatable bonds is 8. The molecule has 1 unspecified atom stereocenters. The van der Waals surface area contributed by atoms with Gasteiger partial charge in [-0.15, -0.1) is 0 Å². The topological polar surface area (TPSA) is 90.4 Å². The molecule has 8 heteroatoms. The minimum atomic E-state index is -1.17. The SMILES string of the molecule is CCCN1CC=C[C@]2(CC)O[C@]34C=CCN(C5CCCCC5)C(=O)C3N(CCCCO)C(=O)[C@@H]4[C@@H]2C1=O. The van der Waals surface area contributed by atoms with Crippen LogP contribution in [0, 0.1) is 11.8 Å². The van der Waals surface area contributed by atoms with Gasteiger partial charge in [0.05, 0.1) is 17.4 Å². The zero-order chi connectivity index (χ0) is 26.2. The van der Waals surface area contributed by atoms with Crippen molar-refractivity contribution >= 4 is 17.7 Å². The van der Waals surface area contributed by atoms with Gasteiger partial charge in [-0.2, -0.15) is 0 Å². The summed E-state index contributed by atoms with van der Waals surface area (Å²) in [7, 11) is 0. The molecule has 1 spiro atoms. The maximum Gasteiger partial charge on any atom is 0.249 e. The number of unbranched alkanes of at least 4 members (excludes halogenated alkanes) is 1. The first kappa shape index (κ1) is 26.4. The lowest BCUT2D eigenvalue weighted by atomic mass is 9.73. The summed E-state index contributed by atoms with van der Waals surface area (Å²) in [6.45, 7) is 6.11. The molecule has 37 heavy (non-hydrogen) atoms. The Balaban J connectivity index is 1.59. The van der Waals surface area contributed by atoms with Crippen molar-refractivity contribution in [2.75, 3.05) is 32.8 Å². The molecule has 4 heterocycles. The van der Waals surface area contributed by atoms with Crippen LogP contribution in [-0.2, 0) is 19.1 Å². The molecule has 1 saturated carbocycles. The molecule has 204 valence electrons. The molecule has 3 fully saturated rings. The number of amides is 3. The van der Waals surface area contributed by atoms with E-state index in [-0.39, 0.29) is 30.4 Å². The van der Waals surface area contributed by atoms with Crippen LogP contribution in [0.15, 0.2) is 24.3 Å². The molecule has 3 amide bonds. The first-order valence-electron chi connectivity index (χ1n) is 14.5. The van der Waals surface area contributed by atoms with Crippen LogP contribution < -0.4 is 0 Å². The van der Waals surface area contributed by atoms with E-state index in [0.717, 1.165) is 32.1 Å². The lowest BCUT2D eigenvalue weighted by Crippen LogP contribution is -2.57. The second-order valence-electron chi connectivity index (χ2n) is 11.5. The molecule has 5 atom stereocenters. The number of fused-ring (bicyclic) bond motifs is 2. The third-order valence-corrected chi connectivity index (χ3v) is 9.37. The second-order valence-corrected chi connectivity index (χ2v) is 11.5. The zero-order valence-corrected chi connectivity index (χ0v) is 22.4. The molecule has 2 saturated heterocycles. The summed E-state index contributed by atoms with van der Waals surface area (Å²) in [5, 5.41) is 9.40. The fourth-order valence-electron chi connectivity index (χ4n) is 7.65. The van der Waals surface area contributed by atoms with E-state index in [0.29, 0.717) is 45.4 Å². The highest BCUT2D eigenvalue weighted by Crippen LogP contribution is 2.58. The molecular weight excluding hydrogens is 470 g/mol. The Morgan fingerprint density at radius 1 is 0.919 bits per heavy atom. The van der Waals surface area contributed by atoms with E-state index in [2.05, 4.69) is 0 Å². The summed E-state index contributed by atoms with van der Waals surface area (Å²) in [6, 6.07) is -0.622. The predicted octanol–water partition coefficient (Wildman–Crippen LogP) is 2.66. The van der Waals surface area contributed by atoms with Gasteiger partial charge in [0.15, 0.2) is 0 Å². The Labute approximate surface area is 220 Å². The Morgan fingerprint density at radius 2 is 1.68 bits per heavy atom. The number of aliphatic hydroxyl groups excluding tert-OH is 1. The standard InChI is InChI=1S/C29H43N3O5/c1-3-16-30-17-10-14-28(4-2)22(25(30)34)23-26(35)32(18-8-9-20-33)24-27(36)31(21-12-6-5-7-13-21)19-11-15-29(23,24)37-28/h10-11,14-15,21-24,33H,3-9,12-13,16-20H2,1-2H3/t22-,23+,24?,28+,29+/m1/s1. The largest absolute Gasteiger partial charge is 0.396 e. The van der Waals surface area contributed by atoms with Gasteiger partial charge in [0.2, 0.25) is 17.7 Å². The second kappa shape index (κ2) is 10.5. The van der Waals surface area contributed by atoms with E-state index >= 15 is 0 Å². The molecule has 0 aromatic rings. The number of carbonyl (C=O) groups is 3. The van der Waals surface area contributed by atoms with Crippen LogP contribution >= 0.6 is 0 Å². The first-order chi connectivity index (χ1) is 17.9. The number of hydrogen-bond acceptors (Lipinski definition) is 5. The van der Waals surface area contributed by atoms with E-state index in [1.165, 1.54) is 6.42 Å². The van der Waals surface area contributed by atoms with Crippen molar-refractivity contribution < 1.29 is 24.2 Å². The van der Waals surface area contributed by atoms with Crippen molar-refractivity contribution in [3.63, 3.8) is 0 Å². The van der Waals surface area contributed by atoms with Crippen molar-refractivity contribution in [1.29, 1.82) is 0 Å². The molecule has 1 aliphatic carbocycles. The lowest BCUT2D eigenvalue weighted by molar-refractivity contribution is -0.155. The summed E-state index contributed by atoms with van der Waals surface area (Å²) >= 11 is 0. The van der Waals surface area contributed by atoms with Gasteiger partial charge in [0.25, 0.3) is 0 Å². The van der Waals surface area contributed by atoms with E-state index in [9.17, 15) is 19.5 Å². The van der Waals surface area contributed by atoms with Gasteiger partial charge in [0, 0.05) is 38.8 Å². The fraction of sp³-hybridized carbons (Fsp3) is 0.759. The van der Waals surface area contributed by atoms with Crippen molar-refractivity contribution in [1.82, 2.24) is 14.7 Å². The number of likely N-dealkylation sites (tertiary alicyclic amines) is 1. The maximum atomic E-state index is 14.4. The number of hydrogen-bond donors (Lipinski definition) is 1. The lowest BCUT2D eigenvalue weighted by Gasteiger charge is -2.40. The van der Waals surface area contributed by atoms with Gasteiger partial charge in [-0.1, -0.05) is 57.4 Å². The Morgan fingerprint density at radius 3 is 2.38 bits per heavy atom. The third kappa shape index (κ3) is 4.15. The molecule has 0 bridgehead atoms. The summed E-state index contributed by atoms with van der Waals surface area (Å²) in [6.07, 6.45) is 15.9. The molecule has 0 radical (unpaired) electrons. The molecule has 5 rings (SSSR count). The molecular formula is C29H43N3O5. The highest BCUT2D eigenvalue weighted by molar-refractivity contribution is 6.00. The van der Waals surface area contributed by atoms with E-state index < -0.39 is 29.1 Å². The first-order valence-corrected chi connectivity index (χ1v) is 14.5. The van der Waals surface area contributed by atoms with E-state index in [4.69, 9.17) is 4.74 Å². The Kier molecular flexibility index (Phi) is 7.51. The average molecular weight is 514 g/mol. The van der Waals surface area contributed by atoms with Crippen LogP contribution in [0.5, 0.6) is 0 Å². The van der Waals surface area contributed by atoms with Gasteiger partial charge >= 0.3 is 0 Å². The van der Waals surface area contributed by atoms with Gasteiger partial charge in [-0.05, 0) is 38.5 Å². The molecule has 8 nitrogen and oxygen atoms in total. The number of carbonyl (C=O) groups excluding carboxylic acids is 3. The minimum absolute atomic E-state index is 0.0383. The molecule has 1 N–H and O–H groups in total. The highest BCUT2D eigenvalue weighted by atomic mass is 16.5. The van der Waals surface area contributed by atoms with Gasteiger partial charge in [-0.3, -0.25) is 14.4 Å². The van der Waals surface area contributed by atoms with Crippen LogP contribution in [0.4, 0.5) is 0 Å². The van der Waals surface area contributed by atoms with Crippen LogP contribution in [-0.4, -0.2) is 93.6 Å². The molecule has 5 aliphatic rings. The van der Waals surface area contributed by atoms with Crippen molar-refractivity contribution in [3.05, 3.63) is 24.3 Å². The maximum absolute atomic E-state index is 14.4. The Bertz CT molecular complexity index is 959. The minimum Gasteiger partial charge on any atom is -0.396 e. The fourth-order valence-corrected chi connectivity index (χ4v) is 7.65. The smallest absolute Gasteiger partial charge is 0.249 e. The summed E-state index contributed by atoms with van der Waals surface area (Å²) in [5.41, 5.74) is -2.09. The molecule has 0 aromatic carbocycles. The normalized spacial score (nSPS) is 36.0. The quantitative estimate of drug-likeness (QED) is 0.398. The van der Waals surface area contributed by atoms with Crippen LogP contribution in [0.25, 0.3) is 0 Å². The van der Waals surface area contributed by atoms with Crippen molar-refractivity contribution in [2.45, 2.75) is 94.9 Å². The van der Waals surface area contributed by atoms with Gasteiger partial charge in [0.1, 0.15) is 11.6 Å². The Hall–Kier alpha value is -2.19. The molecule has 0 aromatic heterocycles. The predicted molar refractivity (Wildman–Crippen MR) is 139 cm³/mol. The molecule has 4 aliphatic heterocycles. The zero-order valence-electron chi connectivity index (χ0n) is 22.4. The number of aliphatic hydroxyl groups is 1. The van der Waals surface area contributed by atoms with Crippen molar-refractivity contribution in [2.24, 2.45) is 11.8 Å². The number of ether oxygens (including phenoxy) is 1. The highest BCUT2D eigenvalue weighted by Gasteiger charge is 2.75. The van der Waals surface area contributed by atoms with Crippen LogP contribution in [0.3, 0.4) is 0 Å². The van der Waals surface area contributed by atoms with E-state index in [1.54, 1.807) is 4.90 Å². The third-order valence-electron chi connectivity index (χ3n) is 9.37. The van der Waals surface area contributed by atoms with Crippen molar-refractivity contribution in [3.8, 4) is 0 Å². The van der Waals surface area contributed by atoms with Gasteiger partial charge < -0.3 is 24.5 Å². The van der Waals surface area contributed by atoms with Gasteiger partial charge in [-0.25, -0.2) is 0 Å². The van der Waals surface area contributed by atoms with E-state index in [1.807, 2.05) is 48.0 Å². The summed E-state index contributed by atoms with van der Waals surface area (Å²) in [4.78, 5) is 48.3. The van der Waals surface area contributed by atoms with Crippen LogP contribution in [0.2, 0.25) is 0 Å². The number of nitrogens with zero attached hydrogens (tertiary/aromatic N) is 3. The monoisotopic (exact) mass is 513 g/mol. The summed E-state index contributed by atoms with van der Waals surface area (Å²) < 4.78 is 7.01. The average Bonchev–Trinajstić information content (AvgIpc) is 3.19. The summed E-state index contributed by atoms with van der Waals surface area (Å²) in [5.74, 6) is -1.67.